The highest BCUT2D eigenvalue weighted by molar-refractivity contribution is 5.90. The number of hydrogen-bond donors (Lipinski definition) is 2. The molecule has 0 radical (unpaired) electrons. The zero-order valence-corrected chi connectivity index (χ0v) is 9.80. The van der Waals surface area contributed by atoms with Crippen LogP contribution in [0.1, 0.15) is 20.3 Å². The topological polar surface area (TPSA) is 95.9 Å². The minimum absolute atomic E-state index is 0.259. The Bertz CT molecular complexity index is 329. The zero-order valence-electron chi connectivity index (χ0n) is 9.80. The third-order valence-corrected chi connectivity index (χ3v) is 2.27. The molecule has 1 unspecified atom stereocenters. The van der Waals surface area contributed by atoms with Gasteiger partial charge >= 0.3 is 12.1 Å². The van der Waals surface area contributed by atoms with E-state index in [-0.39, 0.29) is 12.6 Å². The lowest BCUT2D eigenvalue weighted by molar-refractivity contribution is -0.142. The molecule has 1 saturated heterocycles. The number of carbonyl (C=O) groups excluding carboxylic acids is 2. The Labute approximate surface area is 98.7 Å². The fourth-order valence-corrected chi connectivity index (χ4v) is 1.57. The van der Waals surface area contributed by atoms with Crippen LogP contribution in [0.4, 0.5) is 4.79 Å². The molecule has 2 amide bonds. The van der Waals surface area contributed by atoms with E-state index in [4.69, 9.17) is 9.84 Å². The van der Waals surface area contributed by atoms with E-state index >= 15 is 0 Å². The highest BCUT2D eigenvalue weighted by atomic mass is 16.6. The molecule has 0 spiro atoms. The second-order valence-electron chi connectivity index (χ2n) is 4.03. The lowest BCUT2D eigenvalue weighted by Crippen LogP contribution is -2.58. The zero-order chi connectivity index (χ0) is 13.0. The molecule has 0 aliphatic carbocycles. The normalized spacial score (nSPS) is 20.1. The number of hydrogen-bond acceptors (Lipinski definition) is 4. The van der Waals surface area contributed by atoms with Crippen LogP contribution in [0.2, 0.25) is 0 Å². The lowest BCUT2D eigenvalue weighted by Gasteiger charge is -2.33. The summed E-state index contributed by atoms with van der Waals surface area (Å²) < 4.78 is 4.96. The molecule has 2 N–H and O–H groups in total. The summed E-state index contributed by atoms with van der Waals surface area (Å²) in [6.07, 6.45) is -1.38. The summed E-state index contributed by atoms with van der Waals surface area (Å²) in [7, 11) is 0. The van der Waals surface area contributed by atoms with Crippen molar-refractivity contribution >= 4 is 18.0 Å². The van der Waals surface area contributed by atoms with Crippen LogP contribution in [0.15, 0.2) is 0 Å². The maximum absolute atomic E-state index is 11.7. The van der Waals surface area contributed by atoms with Crippen molar-refractivity contribution in [3.8, 4) is 0 Å². The molecule has 0 aromatic heterocycles. The van der Waals surface area contributed by atoms with Gasteiger partial charge in [-0.1, -0.05) is 0 Å². The van der Waals surface area contributed by atoms with Gasteiger partial charge in [0.1, 0.15) is 6.04 Å². The van der Waals surface area contributed by atoms with Crippen LogP contribution in [0, 0.1) is 0 Å². The number of piperazine rings is 1. The summed E-state index contributed by atoms with van der Waals surface area (Å²) in [6.45, 7) is 3.94. The van der Waals surface area contributed by atoms with Gasteiger partial charge in [0.25, 0.3) is 0 Å². The van der Waals surface area contributed by atoms with Gasteiger partial charge in [-0.15, -0.1) is 0 Å². The van der Waals surface area contributed by atoms with Gasteiger partial charge < -0.3 is 15.2 Å². The molecule has 0 bridgehead atoms. The molecule has 0 aromatic carbocycles. The number of ether oxygens (including phenoxy) is 1. The van der Waals surface area contributed by atoms with E-state index in [1.54, 1.807) is 13.8 Å². The predicted molar refractivity (Wildman–Crippen MR) is 57.4 cm³/mol. The maximum atomic E-state index is 11.7. The minimum atomic E-state index is -1.13. The van der Waals surface area contributed by atoms with E-state index in [1.165, 1.54) is 0 Å². The lowest BCUT2D eigenvalue weighted by atomic mass is 10.1. The number of carboxylic acids is 1. The molecular weight excluding hydrogens is 228 g/mol. The van der Waals surface area contributed by atoms with Crippen molar-refractivity contribution in [1.82, 2.24) is 10.2 Å². The maximum Gasteiger partial charge on any atom is 0.410 e. The van der Waals surface area contributed by atoms with Gasteiger partial charge in [0, 0.05) is 13.1 Å². The Morgan fingerprint density at radius 3 is 2.76 bits per heavy atom. The first-order valence-corrected chi connectivity index (χ1v) is 5.38. The van der Waals surface area contributed by atoms with E-state index in [0.717, 1.165) is 4.90 Å². The van der Waals surface area contributed by atoms with Crippen LogP contribution in [0.3, 0.4) is 0 Å². The van der Waals surface area contributed by atoms with E-state index in [1.807, 2.05) is 0 Å². The molecule has 1 aliphatic rings. The predicted octanol–water partition coefficient (Wildman–Crippen LogP) is -0.193. The number of amides is 2. The van der Waals surface area contributed by atoms with Gasteiger partial charge in [-0.25, -0.2) is 4.79 Å². The van der Waals surface area contributed by atoms with Crippen molar-refractivity contribution < 1.29 is 24.2 Å². The molecule has 7 heteroatoms. The molecule has 96 valence electrons. The first kappa shape index (κ1) is 13.3. The van der Waals surface area contributed by atoms with Crippen molar-refractivity contribution in [1.29, 1.82) is 0 Å². The molecule has 0 saturated carbocycles. The van der Waals surface area contributed by atoms with E-state index in [0.29, 0.717) is 6.54 Å². The Hall–Kier alpha value is -1.79. The molecular formula is C10H16N2O5. The van der Waals surface area contributed by atoms with E-state index in [2.05, 4.69) is 5.32 Å². The summed E-state index contributed by atoms with van der Waals surface area (Å²) >= 11 is 0. The molecule has 1 aliphatic heterocycles. The van der Waals surface area contributed by atoms with Crippen LogP contribution < -0.4 is 5.32 Å². The summed E-state index contributed by atoms with van der Waals surface area (Å²) in [5, 5.41) is 11.2. The van der Waals surface area contributed by atoms with Crippen LogP contribution in [-0.2, 0) is 14.3 Å². The number of aliphatic carboxylic acids is 1. The van der Waals surface area contributed by atoms with Crippen LogP contribution >= 0.6 is 0 Å². The molecule has 17 heavy (non-hydrogen) atoms. The monoisotopic (exact) mass is 244 g/mol. The fraction of sp³-hybridized carbons (Fsp3) is 0.700. The minimum Gasteiger partial charge on any atom is -0.481 e. The second-order valence-corrected chi connectivity index (χ2v) is 4.03. The second kappa shape index (κ2) is 5.51. The average Bonchev–Trinajstić information content (AvgIpc) is 2.19. The average molecular weight is 244 g/mol. The Morgan fingerprint density at radius 1 is 1.59 bits per heavy atom. The Morgan fingerprint density at radius 2 is 2.24 bits per heavy atom. The molecule has 1 heterocycles. The van der Waals surface area contributed by atoms with Gasteiger partial charge in [-0.2, -0.15) is 0 Å². The third kappa shape index (κ3) is 3.61. The highest BCUT2D eigenvalue weighted by Crippen LogP contribution is 2.11. The Kier molecular flexibility index (Phi) is 4.30. The van der Waals surface area contributed by atoms with Crippen LogP contribution in [0.25, 0.3) is 0 Å². The van der Waals surface area contributed by atoms with Crippen molar-refractivity contribution in [2.24, 2.45) is 0 Å². The largest absolute Gasteiger partial charge is 0.481 e. The molecule has 7 nitrogen and oxygen atoms in total. The number of carbonyl (C=O) groups is 3. The van der Waals surface area contributed by atoms with Crippen LogP contribution in [-0.4, -0.2) is 53.2 Å². The molecule has 1 atom stereocenters. The summed E-state index contributed by atoms with van der Waals surface area (Å²) in [5.41, 5.74) is 0. The Balaban J connectivity index is 2.74. The van der Waals surface area contributed by atoms with Gasteiger partial charge in [0.05, 0.1) is 12.5 Å². The first-order chi connectivity index (χ1) is 7.91. The van der Waals surface area contributed by atoms with Gasteiger partial charge in [-0.3, -0.25) is 14.5 Å². The first-order valence-electron chi connectivity index (χ1n) is 5.38. The fourth-order valence-electron chi connectivity index (χ4n) is 1.57. The summed E-state index contributed by atoms with van der Waals surface area (Å²) in [6, 6.07) is -0.993. The third-order valence-electron chi connectivity index (χ3n) is 2.27. The molecule has 0 aromatic rings. The quantitative estimate of drug-likeness (QED) is 0.717. The van der Waals surface area contributed by atoms with Crippen molar-refractivity contribution in [3.05, 3.63) is 0 Å². The van der Waals surface area contributed by atoms with Gasteiger partial charge in [-0.05, 0) is 13.8 Å². The number of nitrogens with one attached hydrogen (secondary N) is 1. The van der Waals surface area contributed by atoms with Gasteiger partial charge in [0.2, 0.25) is 5.91 Å². The highest BCUT2D eigenvalue weighted by Gasteiger charge is 2.35. The smallest absolute Gasteiger partial charge is 0.410 e. The van der Waals surface area contributed by atoms with E-state index in [9.17, 15) is 14.4 Å². The number of rotatable bonds is 3. The van der Waals surface area contributed by atoms with Crippen molar-refractivity contribution in [2.45, 2.75) is 32.4 Å². The standard InChI is InChI=1S/C10H16N2O5/c1-6(2)17-10(16)12-4-3-11-9(15)7(12)5-8(13)14/h6-7H,3-5H2,1-2H3,(H,11,15)(H,13,14). The SMILES string of the molecule is CC(C)OC(=O)N1CCNC(=O)C1CC(=O)O. The van der Waals surface area contributed by atoms with Gasteiger partial charge in [0.15, 0.2) is 0 Å². The molecule has 1 fully saturated rings. The van der Waals surface area contributed by atoms with E-state index < -0.39 is 30.4 Å². The molecule has 1 rings (SSSR count). The summed E-state index contributed by atoms with van der Waals surface area (Å²) in [5.74, 6) is -1.59. The van der Waals surface area contributed by atoms with Crippen molar-refractivity contribution in [2.75, 3.05) is 13.1 Å². The van der Waals surface area contributed by atoms with Crippen LogP contribution in [0.5, 0.6) is 0 Å². The summed E-state index contributed by atoms with van der Waals surface area (Å²) in [4.78, 5) is 35.0. The van der Waals surface area contributed by atoms with Crippen molar-refractivity contribution in [3.63, 3.8) is 0 Å². The number of nitrogens with zero attached hydrogens (tertiary/aromatic N) is 1. The number of carboxylic acid groups (broad SMARTS) is 1.